The van der Waals surface area contributed by atoms with Gasteiger partial charge in [-0.1, -0.05) is 12.1 Å². The molecule has 1 aromatic carbocycles. The lowest BCUT2D eigenvalue weighted by Crippen LogP contribution is -2.35. The number of rotatable bonds is 7. The van der Waals surface area contributed by atoms with Crippen LogP contribution >= 0.6 is 0 Å². The Hall–Kier alpha value is -1.55. The molecule has 0 aromatic heterocycles. The van der Waals surface area contributed by atoms with E-state index < -0.39 is 0 Å². The lowest BCUT2D eigenvalue weighted by molar-refractivity contribution is -0.126. The van der Waals surface area contributed by atoms with Crippen molar-refractivity contribution in [3.63, 3.8) is 0 Å². The van der Waals surface area contributed by atoms with E-state index in [1.165, 1.54) is 0 Å². The highest BCUT2D eigenvalue weighted by molar-refractivity contribution is 5.77. The fourth-order valence-electron chi connectivity index (χ4n) is 1.63. The third kappa shape index (κ3) is 5.68. The number of benzene rings is 1. The summed E-state index contributed by atoms with van der Waals surface area (Å²) in [6.07, 6.45) is 1.74. The maximum Gasteiger partial charge on any atom is 0.246 e. The molecule has 0 fully saturated rings. The zero-order chi connectivity index (χ0) is 13.4. The molecule has 18 heavy (non-hydrogen) atoms. The SMILES string of the molecule is CCOCC(=O)NC(C)CCc1ccc(O)cc1. The van der Waals surface area contributed by atoms with E-state index in [1.54, 1.807) is 12.1 Å². The third-order valence-electron chi connectivity index (χ3n) is 2.65. The Bertz CT molecular complexity index is 362. The molecule has 0 aliphatic rings. The van der Waals surface area contributed by atoms with Crippen LogP contribution in [0.1, 0.15) is 25.8 Å². The van der Waals surface area contributed by atoms with E-state index in [0.717, 1.165) is 18.4 Å². The van der Waals surface area contributed by atoms with Crippen molar-refractivity contribution in [3.05, 3.63) is 29.8 Å². The van der Waals surface area contributed by atoms with Gasteiger partial charge in [-0.15, -0.1) is 0 Å². The number of hydrogen-bond donors (Lipinski definition) is 2. The number of nitrogens with one attached hydrogen (secondary N) is 1. The molecule has 1 amide bonds. The summed E-state index contributed by atoms with van der Waals surface area (Å²) in [5, 5.41) is 12.0. The summed E-state index contributed by atoms with van der Waals surface area (Å²) in [7, 11) is 0. The number of phenols is 1. The first-order valence-electron chi connectivity index (χ1n) is 6.26. The summed E-state index contributed by atoms with van der Waals surface area (Å²) in [6, 6.07) is 7.25. The molecule has 2 N–H and O–H groups in total. The van der Waals surface area contributed by atoms with Gasteiger partial charge < -0.3 is 15.2 Å². The molecule has 1 unspecified atom stereocenters. The summed E-state index contributed by atoms with van der Waals surface area (Å²) in [6.45, 7) is 4.52. The zero-order valence-electron chi connectivity index (χ0n) is 11.0. The van der Waals surface area contributed by atoms with Crippen molar-refractivity contribution in [3.8, 4) is 5.75 Å². The van der Waals surface area contributed by atoms with Gasteiger partial charge in [0.1, 0.15) is 12.4 Å². The summed E-state index contributed by atoms with van der Waals surface area (Å²) >= 11 is 0. The van der Waals surface area contributed by atoms with Gasteiger partial charge in [-0.25, -0.2) is 0 Å². The van der Waals surface area contributed by atoms with Gasteiger partial charge >= 0.3 is 0 Å². The molecule has 4 nitrogen and oxygen atoms in total. The highest BCUT2D eigenvalue weighted by Gasteiger charge is 2.07. The minimum Gasteiger partial charge on any atom is -0.508 e. The molecule has 0 radical (unpaired) electrons. The van der Waals surface area contributed by atoms with Crippen molar-refractivity contribution in [1.82, 2.24) is 5.32 Å². The van der Waals surface area contributed by atoms with Gasteiger partial charge in [-0.2, -0.15) is 0 Å². The number of aryl methyl sites for hydroxylation is 1. The van der Waals surface area contributed by atoms with Crippen LogP contribution in [-0.4, -0.2) is 30.3 Å². The molecule has 0 spiro atoms. The van der Waals surface area contributed by atoms with Crippen molar-refractivity contribution >= 4 is 5.91 Å². The molecule has 0 bridgehead atoms. The average molecular weight is 251 g/mol. The predicted octanol–water partition coefficient (Wildman–Crippen LogP) is 1.87. The second-order valence-corrected chi connectivity index (χ2v) is 4.31. The van der Waals surface area contributed by atoms with E-state index in [9.17, 15) is 4.79 Å². The van der Waals surface area contributed by atoms with E-state index in [1.807, 2.05) is 26.0 Å². The minimum atomic E-state index is -0.0740. The fourth-order valence-corrected chi connectivity index (χ4v) is 1.63. The monoisotopic (exact) mass is 251 g/mol. The highest BCUT2D eigenvalue weighted by atomic mass is 16.5. The van der Waals surface area contributed by atoms with Gasteiger partial charge in [0.15, 0.2) is 0 Å². The van der Waals surface area contributed by atoms with Crippen LogP contribution in [-0.2, 0) is 16.0 Å². The number of hydrogen-bond acceptors (Lipinski definition) is 3. The van der Waals surface area contributed by atoms with Crippen LogP contribution in [0.4, 0.5) is 0 Å². The smallest absolute Gasteiger partial charge is 0.246 e. The Kier molecular flexibility index (Phi) is 6.22. The van der Waals surface area contributed by atoms with E-state index in [-0.39, 0.29) is 24.3 Å². The number of carbonyl (C=O) groups excluding carboxylic acids is 1. The molecule has 1 rings (SSSR count). The normalized spacial score (nSPS) is 12.1. The van der Waals surface area contributed by atoms with Gasteiger partial charge in [-0.05, 0) is 44.4 Å². The number of ether oxygens (including phenoxy) is 1. The molecule has 4 heteroatoms. The van der Waals surface area contributed by atoms with Crippen molar-refractivity contribution < 1.29 is 14.6 Å². The molecule has 1 aromatic rings. The van der Waals surface area contributed by atoms with Crippen LogP contribution in [0.25, 0.3) is 0 Å². The lowest BCUT2D eigenvalue weighted by Gasteiger charge is -2.13. The lowest BCUT2D eigenvalue weighted by atomic mass is 10.1. The van der Waals surface area contributed by atoms with Crippen LogP contribution < -0.4 is 5.32 Å². The van der Waals surface area contributed by atoms with Crippen molar-refractivity contribution in [2.24, 2.45) is 0 Å². The molecule has 0 aliphatic heterocycles. The van der Waals surface area contributed by atoms with Gasteiger partial charge in [0.2, 0.25) is 5.91 Å². The number of aromatic hydroxyl groups is 1. The molecule has 0 heterocycles. The second-order valence-electron chi connectivity index (χ2n) is 4.31. The summed E-state index contributed by atoms with van der Waals surface area (Å²) < 4.78 is 5.03. The van der Waals surface area contributed by atoms with Crippen LogP contribution in [0, 0.1) is 0 Å². The zero-order valence-corrected chi connectivity index (χ0v) is 11.0. The first kappa shape index (κ1) is 14.5. The quantitative estimate of drug-likeness (QED) is 0.777. The Labute approximate surface area is 108 Å². The summed E-state index contributed by atoms with van der Waals surface area (Å²) in [5.74, 6) is 0.201. The fraction of sp³-hybridized carbons (Fsp3) is 0.500. The number of carbonyl (C=O) groups is 1. The van der Waals surface area contributed by atoms with Gasteiger partial charge in [0, 0.05) is 12.6 Å². The van der Waals surface area contributed by atoms with Crippen molar-refractivity contribution in [1.29, 1.82) is 0 Å². The molecular formula is C14H21NO3. The number of amides is 1. The van der Waals surface area contributed by atoms with Gasteiger partial charge in [-0.3, -0.25) is 4.79 Å². The minimum absolute atomic E-state index is 0.0740. The van der Waals surface area contributed by atoms with E-state index >= 15 is 0 Å². The number of phenolic OH excluding ortho intramolecular Hbond substituents is 1. The van der Waals surface area contributed by atoms with E-state index in [2.05, 4.69) is 5.32 Å². The van der Waals surface area contributed by atoms with Crippen LogP contribution in [0.15, 0.2) is 24.3 Å². The van der Waals surface area contributed by atoms with Crippen LogP contribution in [0.2, 0.25) is 0 Å². The van der Waals surface area contributed by atoms with Crippen molar-refractivity contribution in [2.75, 3.05) is 13.2 Å². The Morgan fingerprint density at radius 1 is 1.39 bits per heavy atom. The standard InChI is InChI=1S/C14H21NO3/c1-3-18-10-14(17)15-11(2)4-5-12-6-8-13(16)9-7-12/h6-9,11,16H,3-5,10H2,1-2H3,(H,15,17). The first-order chi connectivity index (χ1) is 8.61. The largest absolute Gasteiger partial charge is 0.508 e. The second kappa shape index (κ2) is 7.71. The molecular weight excluding hydrogens is 230 g/mol. The molecule has 1 atom stereocenters. The third-order valence-corrected chi connectivity index (χ3v) is 2.65. The first-order valence-corrected chi connectivity index (χ1v) is 6.26. The summed E-state index contributed by atoms with van der Waals surface area (Å²) in [4.78, 5) is 11.4. The van der Waals surface area contributed by atoms with E-state index in [4.69, 9.17) is 9.84 Å². The maximum absolute atomic E-state index is 11.4. The van der Waals surface area contributed by atoms with Crippen LogP contribution in [0.5, 0.6) is 5.75 Å². The van der Waals surface area contributed by atoms with Gasteiger partial charge in [0.25, 0.3) is 0 Å². The molecule has 0 saturated heterocycles. The van der Waals surface area contributed by atoms with Crippen LogP contribution in [0.3, 0.4) is 0 Å². The summed E-state index contributed by atoms with van der Waals surface area (Å²) in [5.41, 5.74) is 1.15. The molecule has 100 valence electrons. The van der Waals surface area contributed by atoms with Crippen molar-refractivity contribution in [2.45, 2.75) is 32.7 Å². The predicted molar refractivity (Wildman–Crippen MR) is 70.5 cm³/mol. The van der Waals surface area contributed by atoms with Gasteiger partial charge in [0.05, 0.1) is 0 Å². The maximum atomic E-state index is 11.4. The Balaban J connectivity index is 2.26. The highest BCUT2D eigenvalue weighted by Crippen LogP contribution is 2.11. The topological polar surface area (TPSA) is 58.6 Å². The Morgan fingerprint density at radius 3 is 2.67 bits per heavy atom. The molecule has 0 saturated carbocycles. The molecule has 0 aliphatic carbocycles. The average Bonchev–Trinajstić information content (AvgIpc) is 2.35. The Morgan fingerprint density at radius 2 is 2.06 bits per heavy atom. The van der Waals surface area contributed by atoms with E-state index in [0.29, 0.717) is 6.61 Å².